The highest BCUT2D eigenvalue weighted by atomic mass is 16.3. The topological polar surface area (TPSA) is 19.6 Å². The van der Waals surface area contributed by atoms with Gasteiger partial charge in [-0.3, -0.25) is 0 Å². The molecule has 2 aliphatic heterocycles. The molecule has 13 aromatic carbocycles. The van der Waals surface area contributed by atoms with Crippen molar-refractivity contribution in [1.29, 1.82) is 0 Å². The molecule has 0 aliphatic carbocycles. The van der Waals surface area contributed by atoms with E-state index in [1.54, 1.807) is 0 Å². The average Bonchev–Trinajstić information content (AvgIpc) is 1.73. The van der Waals surface area contributed by atoms with E-state index in [2.05, 4.69) is 319 Å². The van der Waals surface area contributed by atoms with Crippen molar-refractivity contribution >= 4 is 79.2 Å². The Morgan fingerprint density at radius 1 is 0.244 bits per heavy atom. The molecule has 82 heavy (non-hydrogen) atoms. The van der Waals surface area contributed by atoms with Crippen molar-refractivity contribution < 1.29 is 4.42 Å². The summed E-state index contributed by atoms with van der Waals surface area (Å²) < 4.78 is 6.99. The molecule has 0 radical (unpaired) electrons. The number of hydrogen-bond acceptors (Lipinski definition) is 3. The van der Waals surface area contributed by atoms with E-state index in [1.165, 1.54) is 27.5 Å². The molecule has 0 bridgehead atoms. The lowest BCUT2D eigenvalue weighted by atomic mass is 9.33. The minimum Gasteiger partial charge on any atom is -0.455 e. The Labute approximate surface area is 478 Å². The first-order valence-electron chi connectivity index (χ1n) is 28.2. The molecule has 0 fully saturated rings. The zero-order valence-corrected chi connectivity index (χ0v) is 44.8. The van der Waals surface area contributed by atoms with Crippen LogP contribution >= 0.6 is 0 Å². The Kier molecular flexibility index (Phi) is 11.3. The summed E-state index contributed by atoms with van der Waals surface area (Å²) in [6.07, 6.45) is 0. The van der Waals surface area contributed by atoms with E-state index in [1.807, 2.05) is 0 Å². The van der Waals surface area contributed by atoms with Crippen molar-refractivity contribution in [3.8, 4) is 77.9 Å². The molecule has 4 heteroatoms. The number of fused-ring (bicyclic) bond motifs is 7. The summed E-state index contributed by atoms with van der Waals surface area (Å²) in [5.74, 6) is 0. The van der Waals surface area contributed by atoms with Crippen molar-refractivity contribution in [2.24, 2.45) is 0 Å². The largest absolute Gasteiger partial charge is 0.455 e. The van der Waals surface area contributed by atoms with Gasteiger partial charge in [0.2, 0.25) is 0 Å². The Morgan fingerprint density at radius 3 is 1.01 bits per heavy atom. The normalized spacial score (nSPS) is 12.3. The van der Waals surface area contributed by atoms with Gasteiger partial charge in [-0.25, -0.2) is 0 Å². The highest BCUT2D eigenvalue weighted by Crippen LogP contribution is 2.50. The van der Waals surface area contributed by atoms with Crippen molar-refractivity contribution in [3.63, 3.8) is 0 Å². The van der Waals surface area contributed by atoms with Crippen LogP contribution in [-0.2, 0) is 0 Å². The molecule has 3 nitrogen and oxygen atoms in total. The average molecular weight is 1040 g/mol. The summed E-state index contributed by atoms with van der Waals surface area (Å²) in [5, 5.41) is 2.19. The number of nitrogens with zero attached hydrogens (tertiary/aromatic N) is 2. The summed E-state index contributed by atoms with van der Waals surface area (Å²) in [7, 11) is 0. The Hall–Kier alpha value is -10.7. The number of benzene rings is 13. The number of hydrogen-bond donors (Lipinski definition) is 0. The molecule has 0 amide bonds. The molecule has 3 heterocycles. The lowest BCUT2D eigenvalue weighted by molar-refractivity contribution is 0.670. The molecule has 0 saturated heterocycles. The Bertz CT molecular complexity index is 4380. The van der Waals surface area contributed by atoms with Gasteiger partial charge in [-0.1, -0.05) is 243 Å². The second-order valence-corrected chi connectivity index (χ2v) is 21.6. The molecule has 382 valence electrons. The van der Waals surface area contributed by atoms with Gasteiger partial charge in [0, 0.05) is 50.5 Å². The smallest absolute Gasteiger partial charge is 0.252 e. The van der Waals surface area contributed by atoms with E-state index in [0.29, 0.717) is 0 Å². The fraction of sp³-hybridized carbons (Fsp3) is 0. The van der Waals surface area contributed by atoms with Crippen LogP contribution in [0.2, 0.25) is 0 Å². The third-order valence-corrected chi connectivity index (χ3v) is 16.8. The first-order chi connectivity index (χ1) is 40.6. The molecular formula is C78H51BN2O. The van der Waals surface area contributed by atoms with Crippen LogP contribution < -0.4 is 26.2 Å². The summed E-state index contributed by atoms with van der Waals surface area (Å²) >= 11 is 0. The van der Waals surface area contributed by atoms with Crippen molar-refractivity contribution in [2.45, 2.75) is 0 Å². The van der Waals surface area contributed by atoms with Gasteiger partial charge in [-0.2, -0.15) is 0 Å². The van der Waals surface area contributed by atoms with E-state index in [-0.39, 0.29) is 6.71 Å². The maximum absolute atomic E-state index is 6.99. The molecule has 1 aromatic heterocycles. The summed E-state index contributed by atoms with van der Waals surface area (Å²) in [6, 6.07) is 114. The summed E-state index contributed by atoms with van der Waals surface area (Å²) in [6.45, 7) is -0.148. The fourth-order valence-corrected chi connectivity index (χ4v) is 13.0. The highest BCUT2D eigenvalue weighted by Gasteiger charge is 2.44. The molecule has 0 unspecified atom stereocenters. The highest BCUT2D eigenvalue weighted by molar-refractivity contribution is 7.00. The third-order valence-electron chi connectivity index (χ3n) is 16.8. The summed E-state index contributed by atoms with van der Waals surface area (Å²) in [4.78, 5) is 5.16. The van der Waals surface area contributed by atoms with Crippen LogP contribution in [0, 0.1) is 0 Å². The number of para-hydroxylation sites is 2. The molecule has 0 saturated carbocycles. The first-order valence-corrected chi connectivity index (χ1v) is 28.2. The zero-order chi connectivity index (χ0) is 54.1. The van der Waals surface area contributed by atoms with Crippen LogP contribution in [0.25, 0.3) is 99.8 Å². The first kappa shape index (κ1) is 47.3. The third kappa shape index (κ3) is 8.06. The molecular weight excluding hydrogens is 992 g/mol. The minimum atomic E-state index is -0.148. The summed E-state index contributed by atoms with van der Waals surface area (Å²) in [5.41, 5.74) is 28.0. The maximum Gasteiger partial charge on any atom is 0.252 e. The molecule has 0 atom stereocenters. The standard InChI is InChI=1S/C78H51BN2O/c1-7-22-52(23-8-1)58-38-40-70-72(48-58)80(65-44-60(54-26-11-3-12-27-54)42-61(45-65)55-28-13-4-14-29-55)74-50-64(67-35-21-36-69-68-34-19-20-37-76(68)82-78(67)69)51-75-77(74)79(70)71-41-39-59(53-24-9-2-10-25-53)49-73(71)81(75)66-46-62(56-30-15-5-16-31-56)43-63(47-66)57-32-17-6-18-33-57/h1-51H. The maximum atomic E-state index is 6.99. The van der Waals surface area contributed by atoms with Gasteiger partial charge < -0.3 is 14.2 Å². The van der Waals surface area contributed by atoms with Crippen LogP contribution in [0.4, 0.5) is 34.1 Å². The van der Waals surface area contributed by atoms with Crippen LogP contribution in [0.5, 0.6) is 0 Å². The number of rotatable bonds is 9. The quantitative estimate of drug-likeness (QED) is 0.134. The second kappa shape index (κ2) is 19.6. The van der Waals surface area contributed by atoms with E-state index >= 15 is 0 Å². The van der Waals surface area contributed by atoms with Crippen LogP contribution in [0.1, 0.15) is 0 Å². The Morgan fingerprint density at radius 2 is 0.598 bits per heavy atom. The van der Waals surface area contributed by atoms with Crippen LogP contribution in [0.3, 0.4) is 0 Å². The van der Waals surface area contributed by atoms with Crippen LogP contribution in [-0.4, -0.2) is 6.71 Å². The van der Waals surface area contributed by atoms with Crippen molar-refractivity contribution in [3.05, 3.63) is 309 Å². The second-order valence-electron chi connectivity index (χ2n) is 21.6. The van der Waals surface area contributed by atoms with Crippen molar-refractivity contribution in [2.75, 3.05) is 9.80 Å². The monoisotopic (exact) mass is 1040 g/mol. The lowest BCUT2D eigenvalue weighted by Crippen LogP contribution is -2.61. The molecule has 2 aliphatic rings. The van der Waals surface area contributed by atoms with E-state index in [4.69, 9.17) is 4.42 Å². The Balaban J connectivity index is 1.05. The predicted molar refractivity (Wildman–Crippen MR) is 346 cm³/mol. The van der Waals surface area contributed by atoms with E-state index in [0.717, 1.165) is 123 Å². The number of furan rings is 1. The van der Waals surface area contributed by atoms with E-state index < -0.39 is 0 Å². The van der Waals surface area contributed by atoms with Crippen molar-refractivity contribution in [1.82, 2.24) is 0 Å². The SMILES string of the molecule is c1ccc(-c2cc(-c3ccccc3)cc(N3c4cc(-c5ccccc5)ccc4B4c5ccc(-c6ccccc6)cc5N(c5cc(-c6ccccc6)cc(-c6ccccc6)c5)c5cc(-c6cccc7c6oc6ccccc67)cc3c54)c2)cc1. The molecule has 14 aromatic rings. The number of anilines is 6. The molecule has 0 N–H and O–H groups in total. The predicted octanol–water partition coefficient (Wildman–Crippen LogP) is 19.3. The molecule has 0 spiro atoms. The minimum absolute atomic E-state index is 0.148. The van der Waals surface area contributed by atoms with Gasteiger partial charge >= 0.3 is 0 Å². The van der Waals surface area contributed by atoms with E-state index in [9.17, 15) is 0 Å². The fourth-order valence-electron chi connectivity index (χ4n) is 13.0. The lowest BCUT2D eigenvalue weighted by Gasteiger charge is -2.45. The van der Waals surface area contributed by atoms with Gasteiger partial charge in [0.15, 0.2) is 0 Å². The molecule has 16 rings (SSSR count). The van der Waals surface area contributed by atoms with Gasteiger partial charge in [0.1, 0.15) is 11.2 Å². The van der Waals surface area contributed by atoms with Gasteiger partial charge in [0.25, 0.3) is 6.71 Å². The van der Waals surface area contributed by atoms with Gasteiger partial charge in [-0.15, -0.1) is 0 Å². The van der Waals surface area contributed by atoms with Crippen LogP contribution in [0.15, 0.2) is 314 Å². The van der Waals surface area contributed by atoms with Gasteiger partial charge in [0.05, 0.1) is 0 Å². The zero-order valence-electron chi connectivity index (χ0n) is 44.8. The van der Waals surface area contributed by atoms with Gasteiger partial charge in [-0.05, 0) is 155 Å².